The van der Waals surface area contributed by atoms with Gasteiger partial charge in [0.05, 0.1) is 0 Å². The zero-order valence-corrected chi connectivity index (χ0v) is 6.56. The van der Waals surface area contributed by atoms with E-state index in [-0.39, 0.29) is 0 Å². The van der Waals surface area contributed by atoms with Crippen LogP contribution in [0.15, 0.2) is 36.0 Å². The second kappa shape index (κ2) is 3.40. The molecule has 0 saturated carbocycles. The van der Waals surface area contributed by atoms with Crippen LogP contribution in [0.5, 0.6) is 0 Å². The molecule has 0 aromatic heterocycles. The van der Waals surface area contributed by atoms with E-state index in [1.165, 1.54) is 30.4 Å². The summed E-state index contributed by atoms with van der Waals surface area (Å²) >= 11 is 0. The molecule has 1 aliphatic rings. The Labute approximate surface area is 62.9 Å². The minimum Gasteiger partial charge on any atom is -0.0991 e. The first-order valence-corrected chi connectivity index (χ1v) is 3.81. The lowest BCUT2D eigenvalue weighted by molar-refractivity contribution is 0.784. The normalized spacial score (nSPS) is 22.5. The van der Waals surface area contributed by atoms with E-state index in [1.807, 2.05) is 6.08 Å². The molecule has 0 saturated heterocycles. The maximum absolute atomic E-state index is 3.67. The highest BCUT2D eigenvalue weighted by Crippen LogP contribution is 2.21. The standard InChI is InChI=1S/C10H14/c1-3-5-10-7-4-6-9(2)8-10/h3,5,8H,1,4,6-7H2,2H3/b10-5+. The molecular formula is C10H14. The highest BCUT2D eigenvalue weighted by Gasteiger charge is 2.01. The van der Waals surface area contributed by atoms with Crippen LogP contribution in [0.3, 0.4) is 0 Å². The quantitative estimate of drug-likeness (QED) is 0.516. The Hall–Kier alpha value is -0.780. The molecule has 0 unspecified atom stereocenters. The van der Waals surface area contributed by atoms with Crippen LogP contribution >= 0.6 is 0 Å². The summed E-state index contributed by atoms with van der Waals surface area (Å²) in [5, 5.41) is 0. The average molecular weight is 134 g/mol. The summed E-state index contributed by atoms with van der Waals surface area (Å²) in [4.78, 5) is 0. The van der Waals surface area contributed by atoms with Crippen LogP contribution < -0.4 is 0 Å². The van der Waals surface area contributed by atoms with Gasteiger partial charge in [0.25, 0.3) is 0 Å². The van der Waals surface area contributed by atoms with E-state index in [2.05, 4.69) is 25.7 Å². The van der Waals surface area contributed by atoms with E-state index in [1.54, 1.807) is 0 Å². The lowest BCUT2D eigenvalue weighted by Crippen LogP contribution is -1.90. The summed E-state index contributed by atoms with van der Waals surface area (Å²) in [6.45, 7) is 5.86. The number of rotatable bonds is 1. The summed E-state index contributed by atoms with van der Waals surface area (Å²) in [5.41, 5.74) is 2.93. The molecule has 0 N–H and O–H groups in total. The van der Waals surface area contributed by atoms with E-state index in [0.717, 1.165) is 0 Å². The molecule has 54 valence electrons. The number of hydrogen-bond donors (Lipinski definition) is 0. The van der Waals surface area contributed by atoms with E-state index < -0.39 is 0 Å². The molecule has 0 bridgehead atoms. The van der Waals surface area contributed by atoms with Crippen LogP contribution in [-0.4, -0.2) is 0 Å². The van der Waals surface area contributed by atoms with Crippen molar-refractivity contribution in [3.8, 4) is 0 Å². The molecular weight excluding hydrogens is 120 g/mol. The molecule has 0 spiro atoms. The Morgan fingerprint density at radius 1 is 1.50 bits per heavy atom. The molecule has 0 nitrogen and oxygen atoms in total. The second-order valence-corrected chi connectivity index (χ2v) is 2.82. The van der Waals surface area contributed by atoms with E-state index in [0.29, 0.717) is 0 Å². The van der Waals surface area contributed by atoms with Gasteiger partial charge in [0, 0.05) is 0 Å². The molecule has 0 heteroatoms. The molecule has 0 fully saturated rings. The van der Waals surface area contributed by atoms with Crippen molar-refractivity contribution in [1.82, 2.24) is 0 Å². The number of hydrogen-bond acceptors (Lipinski definition) is 0. The summed E-state index contributed by atoms with van der Waals surface area (Å²) in [6.07, 6.45) is 10.0. The zero-order valence-electron chi connectivity index (χ0n) is 6.56. The highest BCUT2D eigenvalue weighted by atomic mass is 14.1. The van der Waals surface area contributed by atoms with Gasteiger partial charge in [-0.1, -0.05) is 30.4 Å². The van der Waals surface area contributed by atoms with Crippen LogP contribution in [0.25, 0.3) is 0 Å². The molecule has 0 aliphatic heterocycles. The van der Waals surface area contributed by atoms with Crippen LogP contribution in [-0.2, 0) is 0 Å². The average Bonchev–Trinajstić information content (AvgIpc) is 1.88. The van der Waals surface area contributed by atoms with Gasteiger partial charge in [0.2, 0.25) is 0 Å². The third-order valence-electron chi connectivity index (χ3n) is 1.80. The van der Waals surface area contributed by atoms with Crippen molar-refractivity contribution in [2.24, 2.45) is 0 Å². The van der Waals surface area contributed by atoms with Gasteiger partial charge >= 0.3 is 0 Å². The predicted octanol–water partition coefficient (Wildman–Crippen LogP) is 3.23. The van der Waals surface area contributed by atoms with E-state index >= 15 is 0 Å². The minimum atomic E-state index is 1.23. The van der Waals surface area contributed by atoms with Gasteiger partial charge in [-0.05, 0) is 31.8 Å². The van der Waals surface area contributed by atoms with E-state index in [9.17, 15) is 0 Å². The van der Waals surface area contributed by atoms with Crippen molar-refractivity contribution in [3.05, 3.63) is 36.0 Å². The summed E-state index contributed by atoms with van der Waals surface area (Å²) in [6, 6.07) is 0. The first-order valence-electron chi connectivity index (χ1n) is 3.81. The van der Waals surface area contributed by atoms with Gasteiger partial charge in [-0.25, -0.2) is 0 Å². The molecule has 0 aromatic rings. The molecule has 10 heavy (non-hydrogen) atoms. The highest BCUT2D eigenvalue weighted by molar-refractivity contribution is 5.28. The van der Waals surface area contributed by atoms with Gasteiger partial charge < -0.3 is 0 Å². The maximum atomic E-state index is 3.67. The molecule has 1 aliphatic carbocycles. The minimum absolute atomic E-state index is 1.23. The van der Waals surface area contributed by atoms with Crippen molar-refractivity contribution in [3.63, 3.8) is 0 Å². The molecule has 0 amide bonds. The SMILES string of the molecule is C=C/C=C1/C=C(C)CCC1. The van der Waals surface area contributed by atoms with Gasteiger partial charge in [0.1, 0.15) is 0 Å². The van der Waals surface area contributed by atoms with Crippen LogP contribution in [0, 0.1) is 0 Å². The third kappa shape index (κ3) is 1.87. The van der Waals surface area contributed by atoms with Crippen molar-refractivity contribution in [1.29, 1.82) is 0 Å². The predicted molar refractivity (Wildman–Crippen MR) is 45.9 cm³/mol. The van der Waals surface area contributed by atoms with Gasteiger partial charge in [0.15, 0.2) is 0 Å². The largest absolute Gasteiger partial charge is 0.0991 e. The van der Waals surface area contributed by atoms with Crippen molar-refractivity contribution in [2.45, 2.75) is 26.2 Å². The first-order chi connectivity index (χ1) is 4.83. The third-order valence-corrected chi connectivity index (χ3v) is 1.80. The van der Waals surface area contributed by atoms with Crippen LogP contribution in [0.2, 0.25) is 0 Å². The molecule has 0 heterocycles. The van der Waals surface area contributed by atoms with Crippen molar-refractivity contribution < 1.29 is 0 Å². The Kier molecular flexibility index (Phi) is 2.49. The summed E-state index contributed by atoms with van der Waals surface area (Å²) < 4.78 is 0. The lowest BCUT2D eigenvalue weighted by atomic mass is 9.96. The van der Waals surface area contributed by atoms with Gasteiger partial charge in [-0.2, -0.15) is 0 Å². The van der Waals surface area contributed by atoms with Crippen molar-refractivity contribution in [2.75, 3.05) is 0 Å². The summed E-state index contributed by atoms with van der Waals surface area (Å²) in [7, 11) is 0. The number of allylic oxidation sites excluding steroid dienone is 5. The van der Waals surface area contributed by atoms with Crippen LogP contribution in [0.4, 0.5) is 0 Å². The second-order valence-electron chi connectivity index (χ2n) is 2.82. The Bertz CT molecular complexity index is 182. The van der Waals surface area contributed by atoms with Crippen molar-refractivity contribution >= 4 is 0 Å². The molecule has 0 atom stereocenters. The Morgan fingerprint density at radius 3 is 2.90 bits per heavy atom. The van der Waals surface area contributed by atoms with Gasteiger partial charge in [-0.3, -0.25) is 0 Å². The monoisotopic (exact) mass is 134 g/mol. The summed E-state index contributed by atoms with van der Waals surface area (Å²) in [5.74, 6) is 0. The lowest BCUT2D eigenvalue weighted by Gasteiger charge is -2.10. The smallest absolute Gasteiger partial charge is 0.0276 e. The molecule has 1 rings (SSSR count). The molecule has 0 radical (unpaired) electrons. The van der Waals surface area contributed by atoms with E-state index in [4.69, 9.17) is 0 Å². The zero-order chi connectivity index (χ0) is 7.40. The first kappa shape index (κ1) is 7.33. The molecule has 0 aromatic carbocycles. The Balaban J connectivity index is 2.70. The topological polar surface area (TPSA) is 0 Å². The van der Waals surface area contributed by atoms with Crippen LogP contribution in [0.1, 0.15) is 26.2 Å². The fourth-order valence-corrected chi connectivity index (χ4v) is 1.31. The Morgan fingerprint density at radius 2 is 2.30 bits per heavy atom. The maximum Gasteiger partial charge on any atom is -0.0276 e. The fourth-order valence-electron chi connectivity index (χ4n) is 1.31. The van der Waals surface area contributed by atoms with Gasteiger partial charge in [-0.15, -0.1) is 0 Å². The fraction of sp³-hybridized carbons (Fsp3) is 0.400.